The second-order valence-corrected chi connectivity index (χ2v) is 3.71. The summed E-state index contributed by atoms with van der Waals surface area (Å²) in [5.41, 5.74) is 7.61. The highest BCUT2D eigenvalue weighted by molar-refractivity contribution is 6.31. The third-order valence-corrected chi connectivity index (χ3v) is 2.64. The van der Waals surface area contributed by atoms with Gasteiger partial charge in [-0.3, -0.25) is 4.68 Å². The zero-order valence-electron chi connectivity index (χ0n) is 8.84. The van der Waals surface area contributed by atoms with Gasteiger partial charge < -0.3 is 5.73 Å². The minimum absolute atomic E-state index is 0.377. The largest absolute Gasteiger partial charge is 0.318 e. The van der Waals surface area contributed by atoms with Crippen molar-refractivity contribution in [2.24, 2.45) is 5.73 Å². The first-order valence-corrected chi connectivity index (χ1v) is 5.34. The maximum absolute atomic E-state index is 6.10. The van der Waals surface area contributed by atoms with E-state index >= 15 is 0 Å². The van der Waals surface area contributed by atoms with Crippen LogP contribution in [0.3, 0.4) is 0 Å². The zero-order chi connectivity index (χ0) is 11.5. The molecule has 0 aliphatic heterocycles. The Labute approximate surface area is 98.3 Å². The van der Waals surface area contributed by atoms with Crippen LogP contribution in [0.15, 0.2) is 24.8 Å². The van der Waals surface area contributed by atoms with Crippen molar-refractivity contribution in [2.45, 2.75) is 19.5 Å². The molecule has 0 radical (unpaired) electrons. The number of hydrogen-bond donors (Lipinski definition) is 1. The summed E-state index contributed by atoms with van der Waals surface area (Å²) < 4.78 is 1.77. The van der Waals surface area contributed by atoms with E-state index in [-0.39, 0.29) is 6.04 Å². The fraction of sp³-hybridized carbons (Fsp3) is 0.300. The van der Waals surface area contributed by atoms with Crippen molar-refractivity contribution in [3.05, 3.63) is 41.2 Å². The molecule has 6 heteroatoms. The number of nitrogens with zero attached hydrogens (tertiary/aromatic N) is 4. The average Bonchev–Trinajstić information content (AvgIpc) is 2.70. The van der Waals surface area contributed by atoms with Gasteiger partial charge in [-0.15, -0.1) is 0 Å². The zero-order valence-corrected chi connectivity index (χ0v) is 9.59. The summed E-state index contributed by atoms with van der Waals surface area (Å²) in [5, 5.41) is 4.71. The lowest BCUT2D eigenvalue weighted by Gasteiger charge is -2.13. The fourth-order valence-corrected chi connectivity index (χ4v) is 1.82. The Balaban J connectivity index is 2.41. The van der Waals surface area contributed by atoms with Gasteiger partial charge >= 0.3 is 0 Å². The number of hydrogen-bond acceptors (Lipinski definition) is 4. The van der Waals surface area contributed by atoms with Gasteiger partial charge in [0.05, 0.1) is 28.6 Å². The molecule has 0 fully saturated rings. The lowest BCUT2D eigenvalue weighted by atomic mass is 10.1. The van der Waals surface area contributed by atoms with Gasteiger partial charge in [-0.05, 0) is 13.0 Å². The van der Waals surface area contributed by atoms with Crippen LogP contribution in [0.5, 0.6) is 0 Å². The summed E-state index contributed by atoms with van der Waals surface area (Å²) in [6.45, 7) is 2.71. The standard InChI is InChI=1S/C10H12ClN5/c1-2-16-10(7(11)5-15-16)9(12)8-3-4-13-6-14-8/h3-6,9H,2,12H2,1H3. The quantitative estimate of drug-likeness (QED) is 0.876. The summed E-state index contributed by atoms with van der Waals surface area (Å²) in [6.07, 6.45) is 4.72. The van der Waals surface area contributed by atoms with E-state index in [1.807, 2.05) is 6.92 Å². The Morgan fingerprint density at radius 2 is 2.38 bits per heavy atom. The number of halogens is 1. The van der Waals surface area contributed by atoms with Crippen molar-refractivity contribution in [1.29, 1.82) is 0 Å². The van der Waals surface area contributed by atoms with Crippen LogP contribution >= 0.6 is 11.6 Å². The minimum Gasteiger partial charge on any atom is -0.318 e. The third kappa shape index (κ3) is 1.91. The van der Waals surface area contributed by atoms with E-state index in [0.717, 1.165) is 17.9 Å². The smallest absolute Gasteiger partial charge is 0.115 e. The van der Waals surface area contributed by atoms with Crippen LogP contribution in [0.1, 0.15) is 24.4 Å². The summed E-state index contributed by atoms with van der Waals surface area (Å²) >= 11 is 6.06. The lowest BCUT2D eigenvalue weighted by Crippen LogP contribution is -2.18. The van der Waals surface area contributed by atoms with Gasteiger partial charge in [-0.25, -0.2) is 9.97 Å². The summed E-state index contributed by atoms with van der Waals surface area (Å²) in [6, 6.07) is 1.39. The molecule has 2 aromatic rings. The number of aromatic nitrogens is 4. The van der Waals surface area contributed by atoms with Gasteiger partial charge in [-0.2, -0.15) is 5.10 Å². The normalized spacial score (nSPS) is 12.7. The molecule has 0 aliphatic carbocycles. The van der Waals surface area contributed by atoms with E-state index in [2.05, 4.69) is 15.1 Å². The van der Waals surface area contributed by atoms with Crippen molar-refractivity contribution in [3.8, 4) is 0 Å². The number of rotatable bonds is 3. The SMILES string of the molecule is CCn1ncc(Cl)c1C(N)c1ccncn1. The predicted molar refractivity (Wildman–Crippen MR) is 61.0 cm³/mol. The van der Waals surface area contributed by atoms with Gasteiger partial charge in [0.1, 0.15) is 6.33 Å². The third-order valence-electron chi connectivity index (χ3n) is 2.35. The van der Waals surface area contributed by atoms with Gasteiger partial charge in [0, 0.05) is 12.7 Å². The monoisotopic (exact) mass is 237 g/mol. The average molecular weight is 238 g/mol. The topological polar surface area (TPSA) is 69.6 Å². The van der Waals surface area contributed by atoms with Crippen LogP contribution in [-0.2, 0) is 6.54 Å². The maximum atomic E-state index is 6.10. The Hall–Kier alpha value is -1.46. The first kappa shape index (κ1) is 11.0. The summed E-state index contributed by atoms with van der Waals surface area (Å²) in [7, 11) is 0. The Bertz CT molecular complexity index is 467. The molecule has 2 N–H and O–H groups in total. The first-order chi connectivity index (χ1) is 7.74. The molecule has 2 rings (SSSR count). The van der Waals surface area contributed by atoms with Crippen molar-refractivity contribution >= 4 is 11.6 Å². The molecule has 0 aliphatic rings. The molecule has 0 saturated heterocycles. The molecular formula is C10H12ClN5. The van der Waals surface area contributed by atoms with Crippen molar-refractivity contribution < 1.29 is 0 Å². The highest BCUT2D eigenvalue weighted by Crippen LogP contribution is 2.24. The predicted octanol–water partition coefficient (Wildman–Crippen LogP) is 1.39. The number of nitrogens with two attached hydrogens (primary N) is 1. The van der Waals surface area contributed by atoms with Gasteiger partial charge in [0.2, 0.25) is 0 Å². The molecule has 0 spiro atoms. The van der Waals surface area contributed by atoms with Crippen LogP contribution in [0.4, 0.5) is 0 Å². The van der Waals surface area contributed by atoms with E-state index in [4.69, 9.17) is 17.3 Å². The van der Waals surface area contributed by atoms with Crippen LogP contribution in [0.2, 0.25) is 5.02 Å². The fourth-order valence-electron chi connectivity index (χ4n) is 1.56. The molecule has 2 aromatic heterocycles. The minimum atomic E-state index is -0.377. The van der Waals surface area contributed by atoms with Crippen LogP contribution in [-0.4, -0.2) is 19.7 Å². The maximum Gasteiger partial charge on any atom is 0.115 e. The molecule has 1 atom stereocenters. The van der Waals surface area contributed by atoms with Crippen LogP contribution in [0.25, 0.3) is 0 Å². The van der Waals surface area contributed by atoms with Crippen molar-refractivity contribution in [2.75, 3.05) is 0 Å². The van der Waals surface area contributed by atoms with Crippen LogP contribution < -0.4 is 5.73 Å². The molecule has 0 aromatic carbocycles. The van der Waals surface area contributed by atoms with Gasteiger partial charge in [0.15, 0.2) is 0 Å². The highest BCUT2D eigenvalue weighted by Gasteiger charge is 2.18. The molecule has 84 valence electrons. The molecule has 1 unspecified atom stereocenters. The van der Waals surface area contributed by atoms with E-state index in [0.29, 0.717) is 5.02 Å². The van der Waals surface area contributed by atoms with Gasteiger partial charge in [-0.1, -0.05) is 11.6 Å². The summed E-state index contributed by atoms with van der Waals surface area (Å²) in [5.74, 6) is 0. The second-order valence-electron chi connectivity index (χ2n) is 3.31. The Kier molecular flexibility index (Phi) is 3.17. The highest BCUT2D eigenvalue weighted by atomic mass is 35.5. The molecule has 16 heavy (non-hydrogen) atoms. The molecule has 5 nitrogen and oxygen atoms in total. The Morgan fingerprint density at radius 3 is 3.00 bits per heavy atom. The first-order valence-electron chi connectivity index (χ1n) is 4.96. The van der Waals surface area contributed by atoms with E-state index in [1.54, 1.807) is 23.1 Å². The molecule has 2 heterocycles. The molecule has 0 saturated carbocycles. The van der Waals surface area contributed by atoms with E-state index in [9.17, 15) is 0 Å². The number of aryl methyl sites for hydroxylation is 1. The van der Waals surface area contributed by atoms with Crippen molar-refractivity contribution in [3.63, 3.8) is 0 Å². The van der Waals surface area contributed by atoms with E-state index < -0.39 is 0 Å². The second kappa shape index (κ2) is 4.59. The lowest BCUT2D eigenvalue weighted by molar-refractivity contribution is 0.596. The van der Waals surface area contributed by atoms with Crippen molar-refractivity contribution in [1.82, 2.24) is 19.7 Å². The van der Waals surface area contributed by atoms with Gasteiger partial charge in [0.25, 0.3) is 0 Å². The molecule has 0 bridgehead atoms. The van der Waals surface area contributed by atoms with E-state index in [1.165, 1.54) is 6.33 Å². The summed E-state index contributed by atoms with van der Waals surface area (Å²) in [4.78, 5) is 7.97. The Morgan fingerprint density at radius 1 is 1.56 bits per heavy atom. The van der Waals surface area contributed by atoms with Crippen LogP contribution in [0, 0.1) is 0 Å². The molecular weight excluding hydrogens is 226 g/mol. The molecule has 0 amide bonds.